The number of benzene rings is 1. The van der Waals surface area contributed by atoms with E-state index in [9.17, 15) is 4.79 Å². The van der Waals surface area contributed by atoms with Crippen LogP contribution in [0.1, 0.15) is 20.3 Å². The minimum Gasteiger partial charge on any atom is -0.353 e. The molecule has 2 aromatic rings. The fourth-order valence-corrected chi connectivity index (χ4v) is 2.25. The van der Waals surface area contributed by atoms with Crippen molar-refractivity contribution in [1.82, 2.24) is 25.5 Å². The smallest absolute Gasteiger partial charge is 0.230 e. The highest BCUT2D eigenvalue weighted by atomic mass is 32.2. The summed E-state index contributed by atoms with van der Waals surface area (Å²) in [4.78, 5) is 11.7. The van der Waals surface area contributed by atoms with E-state index in [0.29, 0.717) is 10.9 Å². The fraction of sp³-hybridized carbons (Fsp3) is 0.385. The van der Waals surface area contributed by atoms with Gasteiger partial charge in [-0.2, -0.15) is 4.68 Å². The zero-order chi connectivity index (χ0) is 14.4. The number of amides is 1. The Morgan fingerprint density at radius 3 is 2.85 bits per heavy atom. The average Bonchev–Trinajstić information content (AvgIpc) is 2.94. The number of thioether (sulfide) groups is 1. The summed E-state index contributed by atoms with van der Waals surface area (Å²) in [5.41, 5.74) is 0.877. The van der Waals surface area contributed by atoms with Gasteiger partial charge in [-0.15, -0.1) is 5.10 Å². The molecular formula is C13H17N5OS. The summed E-state index contributed by atoms with van der Waals surface area (Å²) in [6, 6.07) is 9.79. The van der Waals surface area contributed by atoms with Gasteiger partial charge in [-0.05, 0) is 35.9 Å². The Morgan fingerprint density at radius 1 is 1.40 bits per heavy atom. The Bertz CT molecular complexity index is 557. The number of rotatable bonds is 6. The largest absolute Gasteiger partial charge is 0.353 e. The minimum absolute atomic E-state index is 0.00744. The van der Waals surface area contributed by atoms with Gasteiger partial charge in [0.2, 0.25) is 11.1 Å². The molecule has 7 heteroatoms. The molecule has 1 amide bonds. The van der Waals surface area contributed by atoms with Crippen LogP contribution in [-0.2, 0) is 4.79 Å². The average molecular weight is 291 g/mol. The van der Waals surface area contributed by atoms with Crippen molar-refractivity contribution in [2.24, 2.45) is 0 Å². The molecule has 0 spiro atoms. The maximum Gasteiger partial charge on any atom is 0.230 e. The van der Waals surface area contributed by atoms with Crippen molar-refractivity contribution in [3.8, 4) is 5.69 Å². The van der Waals surface area contributed by atoms with Gasteiger partial charge in [0.25, 0.3) is 0 Å². The number of hydrogen-bond acceptors (Lipinski definition) is 5. The summed E-state index contributed by atoms with van der Waals surface area (Å²) in [7, 11) is 0. The van der Waals surface area contributed by atoms with Crippen LogP contribution < -0.4 is 5.32 Å². The first-order chi connectivity index (χ1) is 9.70. The second-order valence-electron chi connectivity index (χ2n) is 4.37. The van der Waals surface area contributed by atoms with Gasteiger partial charge in [-0.25, -0.2) is 0 Å². The van der Waals surface area contributed by atoms with Crippen molar-refractivity contribution in [2.75, 3.05) is 5.75 Å². The number of tetrazole rings is 1. The van der Waals surface area contributed by atoms with E-state index in [1.165, 1.54) is 11.8 Å². The molecule has 106 valence electrons. The molecule has 0 aliphatic carbocycles. The monoisotopic (exact) mass is 291 g/mol. The molecule has 0 fully saturated rings. The van der Waals surface area contributed by atoms with Crippen molar-refractivity contribution in [1.29, 1.82) is 0 Å². The molecule has 1 N–H and O–H groups in total. The van der Waals surface area contributed by atoms with Crippen LogP contribution in [0, 0.1) is 0 Å². The highest BCUT2D eigenvalue weighted by Crippen LogP contribution is 2.17. The van der Waals surface area contributed by atoms with Crippen molar-refractivity contribution < 1.29 is 4.79 Å². The zero-order valence-corrected chi connectivity index (χ0v) is 12.3. The van der Waals surface area contributed by atoms with Crippen LogP contribution in [0.25, 0.3) is 5.69 Å². The molecule has 0 saturated heterocycles. The molecule has 6 nitrogen and oxygen atoms in total. The lowest BCUT2D eigenvalue weighted by Gasteiger charge is -2.10. The van der Waals surface area contributed by atoms with Gasteiger partial charge < -0.3 is 5.32 Å². The summed E-state index contributed by atoms with van der Waals surface area (Å²) in [5.74, 6) is 0.296. The molecule has 0 aliphatic rings. The van der Waals surface area contributed by atoms with Crippen LogP contribution in [0.3, 0.4) is 0 Å². The van der Waals surface area contributed by atoms with Crippen LogP contribution >= 0.6 is 11.8 Å². The number of carbonyl (C=O) groups excluding carboxylic acids is 1. The summed E-state index contributed by atoms with van der Waals surface area (Å²) in [6.45, 7) is 4.02. The van der Waals surface area contributed by atoms with Crippen molar-refractivity contribution in [2.45, 2.75) is 31.5 Å². The first-order valence-corrected chi connectivity index (χ1v) is 7.45. The quantitative estimate of drug-likeness (QED) is 0.820. The highest BCUT2D eigenvalue weighted by molar-refractivity contribution is 7.99. The molecule has 0 aliphatic heterocycles. The van der Waals surface area contributed by atoms with E-state index >= 15 is 0 Å². The summed E-state index contributed by atoms with van der Waals surface area (Å²) in [5, 5.41) is 15.1. The molecule has 1 atom stereocenters. The number of nitrogens with zero attached hydrogens (tertiary/aromatic N) is 4. The number of aromatic nitrogens is 4. The van der Waals surface area contributed by atoms with Gasteiger partial charge >= 0.3 is 0 Å². The zero-order valence-electron chi connectivity index (χ0n) is 11.5. The Labute approximate surface area is 121 Å². The Hall–Kier alpha value is -1.89. The van der Waals surface area contributed by atoms with Gasteiger partial charge in [0.15, 0.2) is 0 Å². The molecule has 0 bridgehead atoms. The second kappa shape index (κ2) is 7.04. The molecule has 1 heterocycles. The molecule has 0 saturated carbocycles. The van der Waals surface area contributed by atoms with Gasteiger partial charge in [-0.1, -0.05) is 36.9 Å². The first-order valence-electron chi connectivity index (χ1n) is 6.46. The molecule has 2 rings (SSSR count). The molecular weight excluding hydrogens is 274 g/mol. The van der Waals surface area contributed by atoms with Gasteiger partial charge in [-0.3, -0.25) is 4.79 Å². The minimum atomic E-state index is -0.00744. The van der Waals surface area contributed by atoms with E-state index in [0.717, 1.165) is 12.1 Å². The van der Waals surface area contributed by atoms with Crippen molar-refractivity contribution in [3.05, 3.63) is 30.3 Å². The first kappa shape index (κ1) is 14.5. The van der Waals surface area contributed by atoms with Crippen molar-refractivity contribution in [3.63, 3.8) is 0 Å². The molecule has 20 heavy (non-hydrogen) atoms. The van der Waals surface area contributed by atoms with E-state index in [4.69, 9.17) is 0 Å². The number of nitrogens with one attached hydrogen (secondary N) is 1. The SMILES string of the molecule is CC[C@H](C)NC(=O)CSc1nnnn1-c1ccccc1. The van der Waals surface area contributed by atoms with Gasteiger partial charge in [0.05, 0.1) is 11.4 Å². The summed E-state index contributed by atoms with van der Waals surface area (Å²) >= 11 is 1.32. The summed E-state index contributed by atoms with van der Waals surface area (Å²) in [6.07, 6.45) is 0.915. The van der Waals surface area contributed by atoms with Gasteiger partial charge in [0.1, 0.15) is 0 Å². The van der Waals surface area contributed by atoms with Crippen LogP contribution in [0.15, 0.2) is 35.5 Å². The van der Waals surface area contributed by atoms with Gasteiger partial charge in [0, 0.05) is 6.04 Å². The maximum absolute atomic E-state index is 11.7. The summed E-state index contributed by atoms with van der Waals surface area (Å²) < 4.78 is 1.63. The number of para-hydroxylation sites is 1. The van der Waals surface area contributed by atoms with E-state index in [1.807, 2.05) is 44.2 Å². The highest BCUT2D eigenvalue weighted by Gasteiger charge is 2.12. The Balaban J connectivity index is 1.98. The number of hydrogen-bond donors (Lipinski definition) is 1. The molecule has 1 aromatic heterocycles. The third-order valence-corrected chi connectivity index (χ3v) is 3.71. The fourth-order valence-electron chi connectivity index (χ4n) is 1.55. The lowest BCUT2D eigenvalue weighted by atomic mass is 10.3. The van der Waals surface area contributed by atoms with Crippen LogP contribution in [-0.4, -0.2) is 37.9 Å². The Kier molecular flexibility index (Phi) is 5.11. The van der Waals surface area contributed by atoms with E-state index in [2.05, 4.69) is 20.8 Å². The van der Waals surface area contributed by atoms with Crippen molar-refractivity contribution >= 4 is 17.7 Å². The predicted octanol–water partition coefficient (Wildman–Crippen LogP) is 1.67. The van der Waals surface area contributed by atoms with E-state index in [-0.39, 0.29) is 11.9 Å². The molecule has 0 unspecified atom stereocenters. The predicted molar refractivity (Wildman–Crippen MR) is 77.8 cm³/mol. The Morgan fingerprint density at radius 2 is 2.15 bits per heavy atom. The lowest BCUT2D eigenvalue weighted by molar-refractivity contribution is -0.119. The lowest BCUT2D eigenvalue weighted by Crippen LogP contribution is -2.33. The van der Waals surface area contributed by atoms with E-state index < -0.39 is 0 Å². The van der Waals surface area contributed by atoms with Crippen LogP contribution in [0.4, 0.5) is 0 Å². The standard InChI is InChI=1S/C13H17N5OS/c1-3-10(2)14-12(19)9-20-13-15-16-17-18(13)11-7-5-4-6-8-11/h4-8,10H,3,9H2,1-2H3,(H,14,19)/t10-/m0/s1. The van der Waals surface area contributed by atoms with E-state index in [1.54, 1.807) is 4.68 Å². The number of carbonyl (C=O) groups is 1. The third-order valence-electron chi connectivity index (χ3n) is 2.79. The third kappa shape index (κ3) is 3.80. The topological polar surface area (TPSA) is 72.7 Å². The van der Waals surface area contributed by atoms with Crippen LogP contribution in [0.2, 0.25) is 0 Å². The molecule has 0 radical (unpaired) electrons. The van der Waals surface area contributed by atoms with Crippen LogP contribution in [0.5, 0.6) is 0 Å². The normalized spacial score (nSPS) is 12.1. The molecule has 1 aromatic carbocycles. The second-order valence-corrected chi connectivity index (χ2v) is 5.32. The maximum atomic E-state index is 11.7.